The van der Waals surface area contributed by atoms with Gasteiger partial charge in [-0.05, 0) is 32.7 Å². The van der Waals surface area contributed by atoms with E-state index in [1.54, 1.807) is 7.11 Å². The van der Waals surface area contributed by atoms with Crippen molar-refractivity contribution in [3.8, 4) is 0 Å². The Kier molecular flexibility index (Phi) is 9.74. The van der Waals surface area contributed by atoms with Crippen LogP contribution in [0.15, 0.2) is 0 Å². The van der Waals surface area contributed by atoms with Crippen LogP contribution in [0.5, 0.6) is 0 Å². The van der Waals surface area contributed by atoms with Crippen LogP contribution >= 0.6 is 0 Å². The SMILES string of the molecule is CCNC(CC)(CO)CCCOC(C)COC. The van der Waals surface area contributed by atoms with Gasteiger partial charge in [0.05, 0.1) is 19.3 Å². The van der Waals surface area contributed by atoms with Gasteiger partial charge in [-0.25, -0.2) is 0 Å². The van der Waals surface area contributed by atoms with Crippen LogP contribution in [-0.4, -0.2) is 50.2 Å². The van der Waals surface area contributed by atoms with Crippen LogP contribution in [0.4, 0.5) is 0 Å². The molecular formula is C13H29NO3. The highest BCUT2D eigenvalue weighted by Gasteiger charge is 2.25. The van der Waals surface area contributed by atoms with E-state index in [9.17, 15) is 5.11 Å². The molecule has 0 aliphatic heterocycles. The van der Waals surface area contributed by atoms with Crippen molar-refractivity contribution in [3.05, 3.63) is 0 Å². The summed E-state index contributed by atoms with van der Waals surface area (Å²) < 4.78 is 10.6. The van der Waals surface area contributed by atoms with Crippen molar-refractivity contribution in [1.29, 1.82) is 0 Å². The van der Waals surface area contributed by atoms with Gasteiger partial charge in [-0.1, -0.05) is 13.8 Å². The van der Waals surface area contributed by atoms with Crippen molar-refractivity contribution >= 4 is 0 Å². The predicted molar refractivity (Wildman–Crippen MR) is 70.3 cm³/mol. The Morgan fingerprint density at radius 3 is 2.53 bits per heavy atom. The lowest BCUT2D eigenvalue weighted by Crippen LogP contribution is -2.48. The van der Waals surface area contributed by atoms with Crippen LogP contribution in [0.3, 0.4) is 0 Å². The molecule has 0 aromatic heterocycles. The number of hydrogen-bond donors (Lipinski definition) is 2. The maximum absolute atomic E-state index is 9.48. The maximum Gasteiger partial charge on any atom is 0.0780 e. The predicted octanol–water partition coefficient (Wildman–Crippen LogP) is 1.57. The molecule has 0 heterocycles. The van der Waals surface area contributed by atoms with Crippen LogP contribution in [0.2, 0.25) is 0 Å². The van der Waals surface area contributed by atoms with E-state index in [0.717, 1.165) is 32.4 Å². The average Bonchev–Trinajstić information content (AvgIpc) is 2.33. The fourth-order valence-corrected chi connectivity index (χ4v) is 1.99. The van der Waals surface area contributed by atoms with Gasteiger partial charge in [0, 0.05) is 19.3 Å². The lowest BCUT2D eigenvalue weighted by molar-refractivity contribution is 0.00413. The van der Waals surface area contributed by atoms with Crippen molar-refractivity contribution in [1.82, 2.24) is 5.32 Å². The van der Waals surface area contributed by atoms with Gasteiger partial charge < -0.3 is 19.9 Å². The van der Waals surface area contributed by atoms with Crippen LogP contribution in [0.1, 0.15) is 40.0 Å². The molecule has 0 aliphatic carbocycles. The summed E-state index contributed by atoms with van der Waals surface area (Å²) in [6.45, 7) is 8.60. The fourth-order valence-electron chi connectivity index (χ4n) is 1.99. The first-order chi connectivity index (χ1) is 8.14. The number of aliphatic hydroxyl groups is 1. The van der Waals surface area contributed by atoms with Gasteiger partial charge in [0.2, 0.25) is 0 Å². The summed E-state index contributed by atoms with van der Waals surface area (Å²) in [6.07, 6.45) is 2.97. The lowest BCUT2D eigenvalue weighted by Gasteiger charge is -2.32. The summed E-state index contributed by atoms with van der Waals surface area (Å²) in [6, 6.07) is 0. The first-order valence-corrected chi connectivity index (χ1v) is 6.60. The topological polar surface area (TPSA) is 50.7 Å². The minimum Gasteiger partial charge on any atom is -0.394 e. The minimum atomic E-state index is -0.136. The van der Waals surface area contributed by atoms with Crippen molar-refractivity contribution in [2.45, 2.75) is 51.7 Å². The molecule has 2 atom stereocenters. The molecule has 0 spiro atoms. The summed E-state index contributed by atoms with van der Waals surface area (Å²) in [7, 11) is 1.68. The van der Waals surface area contributed by atoms with Gasteiger partial charge in [-0.2, -0.15) is 0 Å². The summed E-state index contributed by atoms with van der Waals surface area (Å²) in [5.41, 5.74) is -0.136. The third-order valence-electron chi connectivity index (χ3n) is 3.13. The third kappa shape index (κ3) is 6.99. The number of rotatable bonds is 11. The van der Waals surface area contributed by atoms with Crippen LogP contribution < -0.4 is 5.32 Å². The number of likely N-dealkylation sites (N-methyl/N-ethyl adjacent to an activating group) is 1. The fraction of sp³-hybridized carbons (Fsp3) is 1.00. The van der Waals surface area contributed by atoms with Gasteiger partial charge in [-0.15, -0.1) is 0 Å². The smallest absolute Gasteiger partial charge is 0.0780 e. The molecule has 0 saturated carbocycles. The van der Waals surface area contributed by atoms with Crippen LogP contribution in [0.25, 0.3) is 0 Å². The summed E-state index contributed by atoms with van der Waals surface area (Å²) >= 11 is 0. The second kappa shape index (κ2) is 9.83. The highest BCUT2D eigenvalue weighted by atomic mass is 16.5. The maximum atomic E-state index is 9.48. The Morgan fingerprint density at radius 1 is 1.35 bits per heavy atom. The summed E-state index contributed by atoms with van der Waals surface area (Å²) in [5, 5.41) is 12.9. The van der Waals surface area contributed by atoms with Crippen LogP contribution in [0, 0.1) is 0 Å². The van der Waals surface area contributed by atoms with E-state index in [1.165, 1.54) is 0 Å². The third-order valence-corrected chi connectivity index (χ3v) is 3.13. The Balaban J connectivity index is 3.82. The number of ether oxygens (including phenoxy) is 2. The van der Waals surface area contributed by atoms with E-state index >= 15 is 0 Å². The molecule has 17 heavy (non-hydrogen) atoms. The van der Waals surface area contributed by atoms with Crippen LogP contribution in [-0.2, 0) is 9.47 Å². The summed E-state index contributed by atoms with van der Waals surface area (Å²) in [4.78, 5) is 0. The Labute approximate surface area is 106 Å². The monoisotopic (exact) mass is 247 g/mol. The first kappa shape index (κ1) is 16.8. The number of methoxy groups -OCH3 is 1. The molecule has 2 unspecified atom stereocenters. The first-order valence-electron chi connectivity index (χ1n) is 6.60. The largest absolute Gasteiger partial charge is 0.394 e. The molecule has 0 radical (unpaired) electrons. The lowest BCUT2D eigenvalue weighted by atomic mass is 9.91. The van der Waals surface area contributed by atoms with Gasteiger partial charge in [0.15, 0.2) is 0 Å². The molecule has 0 fully saturated rings. The molecule has 0 aromatic rings. The van der Waals surface area contributed by atoms with Gasteiger partial charge >= 0.3 is 0 Å². The molecule has 0 bridgehead atoms. The van der Waals surface area contributed by atoms with Gasteiger partial charge in [-0.3, -0.25) is 0 Å². The molecular weight excluding hydrogens is 218 g/mol. The highest BCUT2D eigenvalue weighted by molar-refractivity contribution is 4.85. The van der Waals surface area contributed by atoms with Gasteiger partial charge in [0.1, 0.15) is 0 Å². The van der Waals surface area contributed by atoms with E-state index in [0.29, 0.717) is 6.61 Å². The average molecular weight is 247 g/mol. The van der Waals surface area contributed by atoms with E-state index < -0.39 is 0 Å². The second-order valence-electron chi connectivity index (χ2n) is 4.56. The van der Waals surface area contributed by atoms with Gasteiger partial charge in [0.25, 0.3) is 0 Å². The standard InChI is InChI=1S/C13H29NO3/c1-5-13(11-15,14-6-2)8-7-9-17-12(3)10-16-4/h12,14-15H,5-11H2,1-4H3. The Hall–Kier alpha value is -0.160. The van der Waals surface area contributed by atoms with Crippen molar-refractivity contribution in [2.75, 3.05) is 33.5 Å². The molecule has 2 N–H and O–H groups in total. The molecule has 4 heteroatoms. The zero-order chi connectivity index (χ0) is 13.1. The molecule has 0 rings (SSSR count). The quantitative estimate of drug-likeness (QED) is 0.544. The molecule has 0 aliphatic rings. The normalized spacial score (nSPS) is 16.8. The number of nitrogens with one attached hydrogen (secondary N) is 1. The zero-order valence-corrected chi connectivity index (χ0v) is 11.8. The molecule has 0 amide bonds. The van der Waals surface area contributed by atoms with E-state index in [1.807, 2.05) is 6.92 Å². The number of hydrogen-bond acceptors (Lipinski definition) is 4. The molecule has 4 nitrogen and oxygen atoms in total. The number of aliphatic hydroxyl groups excluding tert-OH is 1. The Bertz CT molecular complexity index is 172. The Morgan fingerprint density at radius 2 is 2.06 bits per heavy atom. The zero-order valence-electron chi connectivity index (χ0n) is 11.8. The van der Waals surface area contributed by atoms with Crippen molar-refractivity contribution < 1.29 is 14.6 Å². The minimum absolute atomic E-state index is 0.136. The van der Waals surface area contributed by atoms with E-state index in [4.69, 9.17) is 9.47 Å². The van der Waals surface area contributed by atoms with E-state index in [-0.39, 0.29) is 18.2 Å². The molecule has 0 saturated heterocycles. The second-order valence-corrected chi connectivity index (χ2v) is 4.56. The summed E-state index contributed by atoms with van der Waals surface area (Å²) in [5.74, 6) is 0. The molecule has 0 aromatic carbocycles. The molecule has 104 valence electrons. The van der Waals surface area contributed by atoms with Crippen molar-refractivity contribution in [2.24, 2.45) is 0 Å². The highest BCUT2D eigenvalue weighted by Crippen LogP contribution is 2.17. The van der Waals surface area contributed by atoms with E-state index in [2.05, 4.69) is 19.2 Å². The van der Waals surface area contributed by atoms with Crippen molar-refractivity contribution in [3.63, 3.8) is 0 Å².